The summed E-state index contributed by atoms with van der Waals surface area (Å²) in [5.41, 5.74) is 9.72. The van der Waals surface area contributed by atoms with Crippen LogP contribution in [0.2, 0.25) is 0 Å². The summed E-state index contributed by atoms with van der Waals surface area (Å²) in [5.74, 6) is 5.05. The molecule has 0 bridgehead atoms. The van der Waals surface area contributed by atoms with E-state index < -0.39 is 0 Å². The van der Waals surface area contributed by atoms with E-state index >= 15 is 0 Å². The van der Waals surface area contributed by atoms with E-state index in [0.717, 1.165) is 5.56 Å². The average Bonchev–Trinajstić information content (AvgIpc) is 2.85. The van der Waals surface area contributed by atoms with E-state index in [9.17, 15) is 4.79 Å². The van der Waals surface area contributed by atoms with Crippen LogP contribution in [0.1, 0.15) is 15.9 Å². The van der Waals surface area contributed by atoms with Gasteiger partial charge in [-0.2, -0.15) is 0 Å². The third-order valence-corrected chi connectivity index (χ3v) is 2.93. The zero-order chi connectivity index (χ0) is 15.2. The Labute approximate surface area is 121 Å². The highest BCUT2D eigenvalue weighted by molar-refractivity contribution is 6.09. The van der Waals surface area contributed by atoms with Gasteiger partial charge in [-0.05, 0) is 29.8 Å². The van der Waals surface area contributed by atoms with E-state index in [1.54, 1.807) is 22.6 Å². The van der Waals surface area contributed by atoms with E-state index in [2.05, 4.69) is 10.8 Å². The number of hydrazine groups is 1. The Hall–Kier alpha value is -2.93. The fourth-order valence-corrected chi connectivity index (χ4v) is 2.02. The van der Waals surface area contributed by atoms with Gasteiger partial charge in [-0.3, -0.25) is 19.9 Å². The van der Waals surface area contributed by atoms with Crippen molar-refractivity contribution in [2.24, 2.45) is 5.84 Å². The molecule has 7 heteroatoms. The van der Waals surface area contributed by atoms with E-state index in [1.807, 2.05) is 30.3 Å². The molecule has 0 aliphatic carbocycles. The van der Waals surface area contributed by atoms with Gasteiger partial charge in [0, 0.05) is 17.4 Å². The number of hydrogen-bond donors (Lipinski definition) is 3. The molecule has 0 atom stereocenters. The number of amides is 2. The molecule has 7 nitrogen and oxygen atoms in total. The van der Waals surface area contributed by atoms with Crippen molar-refractivity contribution >= 4 is 23.8 Å². The van der Waals surface area contributed by atoms with Gasteiger partial charge in [0.1, 0.15) is 5.82 Å². The molecule has 5 N–H and O–H groups in total. The van der Waals surface area contributed by atoms with Gasteiger partial charge in [0.05, 0.1) is 6.54 Å². The van der Waals surface area contributed by atoms with Crippen LogP contribution < -0.4 is 21.9 Å². The number of benzene rings is 1. The smallest absolute Gasteiger partial charge is 0.260 e. The predicted molar refractivity (Wildman–Crippen MR) is 79.0 cm³/mol. The van der Waals surface area contributed by atoms with Crippen molar-refractivity contribution in [3.05, 3.63) is 53.7 Å². The van der Waals surface area contributed by atoms with Crippen LogP contribution in [0.15, 0.2) is 42.6 Å². The molecular formula is C14H15N5O2. The Morgan fingerprint density at radius 1 is 1.29 bits per heavy atom. The van der Waals surface area contributed by atoms with Gasteiger partial charge < -0.3 is 5.73 Å². The number of nitrogen functional groups attached to an aromatic ring is 1. The number of fused-ring (bicyclic) bond motifs is 1. The lowest BCUT2D eigenvalue weighted by Crippen LogP contribution is -2.23. The maximum atomic E-state index is 12.2. The van der Waals surface area contributed by atoms with Crippen LogP contribution in [0.4, 0.5) is 11.5 Å². The van der Waals surface area contributed by atoms with Crippen LogP contribution in [0.3, 0.4) is 0 Å². The molecule has 0 radical (unpaired) electrons. The van der Waals surface area contributed by atoms with Crippen LogP contribution in [0.5, 0.6) is 0 Å². The molecule has 2 amide bonds. The van der Waals surface area contributed by atoms with Crippen LogP contribution in [0.25, 0.3) is 0 Å². The molecule has 1 aromatic heterocycles. The average molecular weight is 285 g/mol. The highest BCUT2D eigenvalue weighted by Gasteiger charge is 2.28. The first-order chi connectivity index (χ1) is 10.2. The van der Waals surface area contributed by atoms with Gasteiger partial charge in [0.2, 0.25) is 6.41 Å². The Bertz CT molecular complexity index is 645. The van der Waals surface area contributed by atoms with Gasteiger partial charge in [-0.1, -0.05) is 12.1 Å². The normalized spacial score (nSPS) is 12.2. The Balaban J connectivity index is 0.000000361. The molecule has 3 rings (SSSR count). The Morgan fingerprint density at radius 2 is 2.05 bits per heavy atom. The summed E-state index contributed by atoms with van der Waals surface area (Å²) < 4.78 is 0. The highest BCUT2D eigenvalue weighted by atomic mass is 16.2. The summed E-state index contributed by atoms with van der Waals surface area (Å²) in [4.78, 5) is 27.0. The van der Waals surface area contributed by atoms with Crippen molar-refractivity contribution < 1.29 is 9.59 Å². The second kappa shape index (κ2) is 6.49. The minimum absolute atomic E-state index is 0.0361. The monoisotopic (exact) mass is 285 g/mol. The topological polar surface area (TPSA) is 114 Å². The van der Waals surface area contributed by atoms with Crippen molar-refractivity contribution in [1.82, 2.24) is 10.4 Å². The molecular weight excluding hydrogens is 270 g/mol. The van der Waals surface area contributed by atoms with Crippen LogP contribution in [-0.2, 0) is 11.3 Å². The number of nitrogens with one attached hydrogen (secondary N) is 1. The van der Waals surface area contributed by atoms with Crippen LogP contribution in [-0.4, -0.2) is 17.3 Å². The van der Waals surface area contributed by atoms with E-state index in [4.69, 9.17) is 10.5 Å². The first-order valence-electron chi connectivity index (χ1n) is 6.18. The zero-order valence-corrected chi connectivity index (χ0v) is 11.2. The van der Waals surface area contributed by atoms with Gasteiger partial charge >= 0.3 is 0 Å². The molecule has 1 aliphatic heterocycles. The largest absolute Gasteiger partial charge is 0.399 e. The molecule has 0 saturated carbocycles. The van der Waals surface area contributed by atoms with Crippen molar-refractivity contribution in [2.75, 3.05) is 10.6 Å². The maximum absolute atomic E-state index is 12.2. The number of hydrogen-bond acceptors (Lipinski definition) is 5. The number of pyridine rings is 1. The van der Waals surface area contributed by atoms with Gasteiger partial charge in [0.25, 0.3) is 5.91 Å². The lowest BCUT2D eigenvalue weighted by atomic mass is 10.1. The fourth-order valence-electron chi connectivity index (χ4n) is 2.02. The van der Waals surface area contributed by atoms with Crippen molar-refractivity contribution in [2.45, 2.75) is 6.54 Å². The molecule has 1 aromatic carbocycles. The van der Waals surface area contributed by atoms with Crippen molar-refractivity contribution in [3.63, 3.8) is 0 Å². The molecule has 0 unspecified atom stereocenters. The van der Waals surface area contributed by atoms with Gasteiger partial charge in [-0.25, -0.2) is 10.8 Å². The van der Waals surface area contributed by atoms with Crippen LogP contribution in [0, 0.1) is 0 Å². The first-order valence-corrected chi connectivity index (χ1v) is 6.18. The second-order valence-electron chi connectivity index (χ2n) is 4.28. The zero-order valence-electron chi connectivity index (χ0n) is 11.2. The van der Waals surface area contributed by atoms with Crippen molar-refractivity contribution in [1.29, 1.82) is 0 Å². The lowest BCUT2D eigenvalue weighted by Gasteiger charge is -2.13. The second-order valence-corrected chi connectivity index (χ2v) is 4.28. The number of carbonyl (C=O) groups is 2. The highest BCUT2D eigenvalue weighted by Crippen LogP contribution is 2.27. The summed E-state index contributed by atoms with van der Waals surface area (Å²) in [6, 6.07) is 11.0. The standard InChI is InChI=1S/C13H11N3O.CH4N2O/c14-10-5-4-9-8-16(13(17)11(9)7-10)12-3-1-2-6-15-12;2-3-1-4/h1-7H,8,14H2;1H,2H2,(H,3,4). The van der Waals surface area contributed by atoms with Gasteiger partial charge in [-0.15, -0.1) is 0 Å². The Morgan fingerprint density at radius 3 is 2.67 bits per heavy atom. The van der Waals surface area contributed by atoms with Crippen molar-refractivity contribution in [3.8, 4) is 0 Å². The Kier molecular flexibility index (Phi) is 4.47. The maximum Gasteiger partial charge on any atom is 0.260 e. The SMILES string of the molecule is NNC=O.Nc1ccc2c(c1)C(=O)N(c1ccccn1)C2. The molecule has 21 heavy (non-hydrogen) atoms. The number of anilines is 2. The van der Waals surface area contributed by atoms with E-state index in [-0.39, 0.29) is 5.91 Å². The first kappa shape index (κ1) is 14.5. The minimum atomic E-state index is -0.0361. The van der Waals surface area contributed by atoms with E-state index in [0.29, 0.717) is 30.0 Å². The molecule has 1 aliphatic rings. The fraction of sp³-hybridized carbons (Fsp3) is 0.0714. The molecule has 108 valence electrons. The number of carbonyl (C=O) groups excluding carboxylic acids is 2. The third-order valence-electron chi connectivity index (χ3n) is 2.93. The summed E-state index contributed by atoms with van der Waals surface area (Å²) in [5, 5.41) is 0. The van der Waals surface area contributed by atoms with Crippen LogP contribution >= 0.6 is 0 Å². The summed E-state index contributed by atoms with van der Waals surface area (Å²) in [7, 11) is 0. The number of aromatic nitrogens is 1. The summed E-state index contributed by atoms with van der Waals surface area (Å²) in [6.45, 7) is 0.561. The molecule has 2 aromatic rings. The number of rotatable bonds is 2. The number of nitrogens with two attached hydrogens (primary N) is 2. The quantitative estimate of drug-likeness (QED) is 0.243. The summed E-state index contributed by atoms with van der Waals surface area (Å²) >= 11 is 0. The lowest BCUT2D eigenvalue weighted by molar-refractivity contribution is -0.109. The third kappa shape index (κ3) is 3.15. The summed E-state index contributed by atoms with van der Waals surface area (Å²) in [6.07, 6.45) is 2.08. The molecule has 0 spiro atoms. The molecule has 0 fully saturated rings. The predicted octanol–water partition coefficient (Wildman–Crippen LogP) is 0.430. The van der Waals surface area contributed by atoms with E-state index in [1.165, 1.54) is 0 Å². The molecule has 0 saturated heterocycles. The minimum Gasteiger partial charge on any atom is -0.399 e. The van der Waals surface area contributed by atoms with Gasteiger partial charge in [0.15, 0.2) is 0 Å². The molecule has 2 heterocycles. The number of nitrogens with zero attached hydrogens (tertiary/aromatic N) is 2.